The van der Waals surface area contributed by atoms with Gasteiger partial charge in [-0.25, -0.2) is 9.18 Å². The molecule has 2 aromatic carbocycles. The van der Waals surface area contributed by atoms with E-state index in [1.165, 1.54) is 6.07 Å². The van der Waals surface area contributed by atoms with Crippen LogP contribution in [0.25, 0.3) is 11.1 Å². The van der Waals surface area contributed by atoms with Crippen molar-refractivity contribution in [2.45, 2.75) is 25.9 Å². The maximum atomic E-state index is 13.6. The number of carbonyl (C=O) groups is 1. The van der Waals surface area contributed by atoms with E-state index in [2.05, 4.69) is 10.2 Å². The van der Waals surface area contributed by atoms with Crippen molar-refractivity contribution in [3.8, 4) is 0 Å². The van der Waals surface area contributed by atoms with Crippen LogP contribution >= 0.6 is 0 Å². The van der Waals surface area contributed by atoms with Crippen molar-refractivity contribution in [1.82, 2.24) is 14.8 Å². The number of likely N-dealkylation sites (tertiary alicyclic amines) is 1. The highest BCUT2D eigenvalue weighted by atomic mass is 19.1. The minimum Gasteiger partial charge on any atom is -0.408 e. The number of rotatable bonds is 6. The monoisotopic (exact) mass is 397 g/mol. The Bertz CT molecular complexity index is 1050. The molecule has 1 amide bonds. The highest BCUT2D eigenvalue weighted by Crippen LogP contribution is 2.19. The maximum Gasteiger partial charge on any atom is 0.421 e. The molecule has 1 N–H and O–H groups in total. The number of hydrogen-bond donors (Lipinski definition) is 1. The van der Waals surface area contributed by atoms with Crippen LogP contribution in [0, 0.1) is 11.7 Å². The summed E-state index contributed by atoms with van der Waals surface area (Å²) in [6, 6.07) is 14.0. The highest BCUT2D eigenvalue weighted by molar-refractivity contribution is 5.78. The largest absolute Gasteiger partial charge is 0.421 e. The molecule has 2 heterocycles. The summed E-state index contributed by atoms with van der Waals surface area (Å²) in [6.45, 7) is 2.35. The second-order valence-electron chi connectivity index (χ2n) is 7.43. The topological polar surface area (TPSA) is 67.5 Å². The van der Waals surface area contributed by atoms with Gasteiger partial charge in [0.05, 0.1) is 12.2 Å². The Morgan fingerprint density at radius 2 is 1.83 bits per heavy atom. The highest BCUT2D eigenvalue weighted by Gasteiger charge is 2.25. The van der Waals surface area contributed by atoms with Gasteiger partial charge in [0.15, 0.2) is 5.58 Å². The van der Waals surface area contributed by atoms with Crippen LogP contribution in [0.15, 0.2) is 57.7 Å². The third-order valence-corrected chi connectivity index (χ3v) is 5.52. The number of nitrogens with one attached hydrogen (secondary N) is 1. The number of para-hydroxylation sites is 2. The molecular formula is C22H24FN3O3. The second kappa shape index (κ2) is 8.61. The molecule has 0 bridgehead atoms. The van der Waals surface area contributed by atoms with Crippen LogP contribution in [0.5, 0.6) is 0 Å². The Hall–Kier alpha value is -2.93. The number of amides is 1. The lowest BCUT2D eigenvalue weighted by Crippen LogP contribution is -2.42. The van der Waals surface area contributed by atoms with E-state index >= 15 is 0 Å². The summed E-state index contributed by atoms with van der Waals surface area (Å²) in [5.41, 5.74) is 1.98. The summed E-state index contributed by atoms with van der Waals surface area (Å²) < 4.78 is 20.6. The van der Waals surface area contributed by atoms with Gasteiger partial charge in [-0.3, -0.25) is 14.3 Å². The van der Waals surface area contributed by atoms with Gasteiger partial charge in [-0.2, -0.15) is 0 Å². The molecular weight excluding hydrogens is 373 g/mol. The lowest BCUT2D eigenvalue weighted by atomic mass is 9.96. The number of hydrogen-bond acceptors (Lipinski definition) is 4. The first kappa shape index (κ1) is 19.4. The molecule has 0 saturated carbocycles. The number of fused-ring (bicyclic) bond motifs is 1. The van der Waals surface area contributed by atoms with E-state index in [1.807, 2.05) is 18.2 Å². The molecule has 4 rings (SSSR count). The number of halogens is 1. The van der Waals surface area contributed by atoms with Crippen LogP contribution in [0.3, 0.4) is 0 Å². The first-order valence-corrected chi connectivity index (χ1v) is 9.93. The SMILES string of the molecule is O=C(NCCc1ccccc1F)C1CCN(Cn2c(=O)oc3ccccc32)CC1. The predicted molar refractivity (Wildman–Crippen MR) is 108 cm³/mol. The fourth-order valence-corrected chi connectivity index (χ4v) is 3.85. The Labute approximate surface area is 167 Å². The zero-order valence-electron chi connectivity index (χ0n) is 16.1. The molecule has 0 radical (unpaired) electrons. The first-order chi connectivity index (χ1) is 14.1. The molecule has 1 fully saturated rings. The van der Waals surface area contributed by atoms with Crippen molar-refractivity contribution in [1.29, 1.82) is 0 Å². The summed E-state index contributed by atoms with van der Waals surface area (Å²) in [5, 5.41) is 2.93. The van der Waals surface area contributed by atoms with Gasteiger partial charge in [-0.05, 0) is 43.0 Å². The van der Waals surface area contributed by atoms with Gasteiger partial charge in [0, 0.05) is 25.6 Å². The average Bonchev–Trinajstić information content (AvgIpc) is 3.05. The van der Waals surface area contributed by atoms with E-state index in [0.29, 0.717) is 30.8 Å². The van der Waals surface area contributed by atoms with E-state index in [-0.39, 0.29) is 23.4 Å². The van der Waals surface area contributed by atoms with E-state index in [1.54, 1.807) is 28.8 Å². The van der Waals surface area contributed by atoms with Gasteiger partial charge in [-0.1, -0.05) is 30.3 Å². The summed E-state index contributed by atoms with van der Waals surface area (Å²) in [5.74, 6) is -0.632. The molecule has 0 aliphatic carbocycles. The van der Waals surface area contributed by atoms with Crippen molar-refractivity contribution in [3.05, 3.63) is 70.5 Å². The Morgan fingerprint density at radius 3 is 2.62 bits per heavy atom. The molecule has 0 atom stereocenters. The third-order valence-electron chi connectivity index (χ3n) is 5.52. The van der Waals surface area contributed by atoms with Crippen molar-refractivity contribution >= 4 is 17.0 Å². The number of oxazole rings is 1. The molecule has 1 aliphatic rings. The molecule has 1 aliphatic heterocycles. The number of aromatic nitrogens is 1. The number of nitrogens with zero attached hydrogens (tertiary/aromatic N) is 2. The zero-order chi connectivity index (χ0) is 20.2. The van der Waals surface area contributed by atoms with Crippen LogP contribution in [-0.2, 0) is 17.9 Å². The zero-order valence-corrected chi connectivity index (χ0v) is 16.1. The Kier molecular flexibility index (Phi) is 5.76. The van der Waals surface area contributed by atoms with Crippen LogP contribution in [-0.4, -0.2) is 35.0 Å². The lowest BCUT2D eigenvalue weighted by molar-refractivity contribution is -0.126. The molecule has 6 nitrogen and oxygen atoms in total. The Balaban J connectivity index is 1.27. The fraction of sp³-hybridized carbons (Fsp3) is 0.364. The van der Waals surface area contributed by atoms with Gasteiger partial charge in [0.1, 0.15) is 5.82 Å². The van der Waals surface area contributed by atoms with E-state index in [0.717, 1.165) is 31.4 Å². The lowest BCUT2D eigenvalue weighted by Gasteiger charge is -2.31. The van der Waals surface area contributed by atoms with E-state index in [9.17, 15) is 14.0 Å². The standard InChI is InChI=1S/C22H24FN3O3/c23-18-6-2-1-5-16(18)9-12-24-21(27)17-10-13-25(14-11-17)15-26-19-7-3-4-8-20(19)29-22(26)28/h1-8,17H,9-15H2,(H,24,27). The maximum absolute atomic E-state index is 13.6. The van der Waals surface area contributed by atoms with Crippen molar-refractivity contribution in [3.63, 3.8) is 0 Å². The minimum absolute atomic E-state index is 0.0203. The number of carbonyl (C=O) groups excluding carboxylic acids is 1. The molecule has 152 valence electrons. The Morgan fingerprint density at radius 1 is 1.10 bits per heavy atom. The van der Waals surface area contributed by atoms with Crippen LogP contribution in [0.4, 0.5) is 4.39 Å². The van der Waals surface area contributed by atoms with Gasteiger partial charge < -0.3 is 9.73 Å². The predicted octanol–water partition coefficient (Wildman–Crippen LogP) is 2.76. The van der Waals surface area contributed by atoms with Crippen molar-refractivity contribution in [2.75, 3.05) is 19.6 Å². The smallest absolute Gasteiger partial charge is 0.408 e. The molecule has 1 saturated heterocycles. The molecule has 0 spiro atoms. The molecule has 0 unspecified atom stereocenters. The van der Waals surface area contributed by atoms with Gasteiger partial charge in [0.25, 0.3) is 0 Å². The summed E-state index contributed by atoms with van der Waals surface area (Å²) in [6.07, 6.45) is 1.94. The van der Waals surface area contributed by atoms with Gasteiger partial charge in [0.2, 0.25) is 5.91 Å². The number of benzene rings is 2. The average molecular weight is 397 g/mol. The summed E-state index contributed by atoms with van der Waals surface area (Å²) >= 11 is 0. The minimum atomic E-state index is -0.362. The molecule has 29 heavy (non-hydrogen) atoms. The molecule has 7 heteroatoms. The second-order valence-corrected chi connectivity index (χ2v) is 7.43. The summed E-state index contributed by atoms with van der Waals surface area (Å²) in [7, 11) is 0. The van der Waals surface area contributed by atoms with Crippen molar-refractivity contribution < 1.29 is 13.6 Å². The molecule has 3 aromatic rings. The number of piperidine rings is 1. The fourth-order valence-electron chi connectivity index (χ4n) is 3.85. The van der Waals surface area contributed by atoms with Crippen LogP contribution in [0.2, 0.25) is 0 Å². The van der Waals surface area contributed by atoms with E-state index < -0.39 is 0 Å². The third kappa shape index (κ3) is 4.40. The summed E-state index contributed by atoms with van der Waals surface area (Å²) in [4.78, 5) is 26.7. The van der Waals surface area contributed by atoms with E-state index in [4.69, 9.17) is 4.42 Å². The molecule has 1 aromatic heterocycles. The van der Waals surface area contributed by atoms with Gasteiger partial charge >= 0.3 is 5.76 Å². The quantitative estimate of drug-likeness (QED) is 0.695. The van der Waals surface area contributed by atoms with Crippen LogP contribution < -0.4 is 11.1 Å². The van der Waals surface area contributed by atoms with Gasteiger partial charge in [-0.15, -0.1) is 0 Å². The first-order valence-electron chi connectivity index (χ1n) is 9.93. The normalized spacial score (nSPS) is 15.6. The van der Waals surface area contributed by atoms with Crippen molar-refractivity contribution in [2.24, 2.45) is 5.92 Å². The van der Waals surface area contributed by atoms with Crippen LogP contribution in [0.1, 0.15) is 18.4 Å².